The van der Waals surface area contributed by atoms with E-state index in [9.17, 15) is 4.79 Å². The van der Waals surface area contributed by atoms with Crippen LogP contribution in [0.25, 0.3) is 0 Å². The summed E-state index contributed by atoms with van der Waals surface area (Å²) >= 11 is 0. The minimum absolute atomic E-state index is 0.173. The quantitative estimate of drug-likeness (QED) is 0.716. The third kappa shape index (κ3) is 3.31. The maximum atomic E-state index is 12.3. The Morgan fingerprint density at radius 3 is 2.67 bits per heavy atom. The van der Waals surface area contributed by atoms with Crippen LogP contribution in [-0.2, 0) is 20.8 Å². The van der Waals surface area contributed by atoms with Gasteiger partial charge >= 0.3 is 5.97 Å². The summed E-state index contributed by atoms with van der Waals surface area (Å²) in [5.74, 6) is -0.173. The first kappa shape index (κ1) is 17.3. The number of hydrogen-bond acceptors (Lipinski definition) is 7. The van der Waals surface area contributed by atoms with Gasteiger partial charge in [-0.05, 0) is 13.8 Å². The Labute approximate surface area is 142 Å². The molecule has 8 nitrogen and oxygen atoms in total. The Morgan fingerprint density at radius 2 is 2.12 bits per heavy atom. The molecule has 1 aromatic rings. The van der Waals surface area contributed by atoms with Gasteiger partial charge in [-0.15, -0.1) is 5.10 Å². The Kier molecular flexibility index (Phi) is 5.17. The first-order chi connectivity index (χ1) is 11.5. The average Bonchev–Trinajstić information content (AvgIpc) is 3.25. The van der Waals surface area contributed by atoms with E-state index in [0.29, 0.717) is 25.7 Å². The lowest BCUT2D eigenvalue weighted by Crippen LogP contribution is -2.61. The second-order valence-corrected chi connectivity index (χ2v) is 6.87. The van der Waals surface area contributed by atoms with E-state index in [0.717, 1.165) is 38.4 Å². The maximum absolute atomic E-state index is 12.3. The van der Waals surface area contributed by atoms with Crippen LogP contribution in [0.15, 0.2) is 6.20 Å². The SMILES string of the molecule is COC(=O)C1(N2CCN(Cc3cn(C(C)C)nn3)CC2)CCOC1. The molecule has 134 valence electrons. The number of methoxy groups -OCH3 is 1. The number of esters is 1. The highest BCUT2D eigenvalue weighted by Gasteiger charge is 2.49. The van der Waals surface area contributed by atoms with E-state index in [1.165, 1.54) is 7.11 Å². The number of carbonyl (C=O) groups is 1. The second kappa shape index (κ2) is 7.16. The first-order valence-corrected chi connectivity index (χ1v) is 8.59. The van der Waals surface area contributed by atoms with Crippen molar-refractivity contribution in [1.29, 1.82) is 0 Å². The van der Waals surface area contributed by atoms with Crippen molar-refractivity contribution in [3.8, 4) is 0 Å². The predicted octanol–water partition coefficient (Wildman–Crippen LogP) is 0.309. The molecule has 0 radical (unpaired) electrons. The molecule has 0 bridgehead atoms. The number of hydrogen-bond donors (Lipinski definition) is 0. The van der Waals surface area contributed by atoms with E-state index in [1.807, 2.05) is 10.9 Å². The number of rotatable bonds is 5. The van der Waals surface area contributed by atoms with Gasteiger partial charge in [-0.2, -0.15) is 0 Å². The number of nitrogens with zero attached hydrogens (tertiary/aromatic N) is 5. The summed E-state index contributed by atoms with van der Waals surface area (Å²) in [5.41, 5.74) is 0.394. The minimum Gasteiger partial charge on any atom is -0.468 e. The van der Waals surface area contributed by atoms with Crippen molar-refractivity contribution in [3.05, 3.63) is 11.9 Å². The molecule has 2 saturated heterocycles. The van der Waals surface area contributed by atoms with E-state index in [2.05, 4.69) is 34.0 Å². The van der Waals surface area contributed by atoms with Gasteiger partial charge in [-0.25, -0.2) is 9.48 Å². The largest absolute Gasteiger partial charge is 0.468 e. The summed E-state index contributed by atoms with van der Waals surface area (Å²) < 4.78 is 12.4. The Hall–Kier alpha value is -1.51. The van der Waals surface area contributed by atoms with Crippen LogP contribution in [0.4, 0.5) is 0 Å². The van der Waals surface area contributed by atoms with E-state index < -0.39 is 5.54 Å². The molecule has 24 heavy (non-hydrogen) atoms. The van der Waals surface area contributed by atoms with Gasteiger partial charge in [0, 0.05) is 51.8 Å². The summed E-state index contributed by atoms with van der Waals surface area (Å²) in [7, 11) is 1.46. The normalized spacial score (nSPS) is 26.2. The van der Waals surface area contributed by atoms with Crippen molar-refractivity contribution in [2.75, 3.05) is 46.5 Å². The molecule has 0 aromatic carbocycles. The molecule has 0 aliphatic carbocycles. The first-order valence-electron chi connectivity index (χ1n) is 8.59. The standard InChI is InChI=1S/C16H27N5O3/c1-13(2)21-11-14(17-18-21)10-19-5-7-20(8-6-19)16(15(22)23-3)4-9-24-12-16/h11,13H,4-10,12H2,1-3H3. The second-order valence-electron chi connectivity index (χ2n) is 6.87. The lowest BCUT2D eigenvalue weighted by atomic mass is 9.95. The van der Waals surface area contributed by atoms with Crippen LogP contribution >= 0.6 is 0 Å². The zero-order valence-electron chi connectivity index (χ0n) is 14.8. The van der Waals surface area contributed by atoms with Gasteiger partial charge in [0.2, 0.25) is 0 Å². The molecule has 2 aliphatic heterocycles. The monoisotopic (exact) mass is 337 g/mol. The summed E-state index contributed by atoms with van der Waals surface area (Å²) in [6.07, 6.45) is 2.72. The Balaban J connectivity index is 1.57. The summed E-state index contributed by atoms with van der Waals surface area (Å²) in [6, 6.07) is 0.324. The Bertz CT molecular complexity index is 560. The van der Waals surface area contributed by atoms with Gasteiger partial charge in [0.15, 0.2) is 0 Å². The number of ether oxygens (including phenoxy) is 2. The highest BCUT2D eigenvalue weighted by molar-refractivity contribution is 5.81. The summed E-state index contributed by atoms with van der Waals surface area (Å²) in [5, 5.41) is 8.40. The van der Waals surface area contributed by atoms with Crippen LogP contribution in [0, 0.1) is 0 Å². The molecule has 0 amide bonds. The van der Waals surface area contributed by atoms with Crippen molar-refractivity contribution < 1.29 is 14.3 Å². The molecular formula is C16H27N5O3. The molecule has 1 aromatic heterocycles. The number of piperazine rings is 1. The molecule has 2 aliphatic rings. The molecular weight excluding hydrogens is 310 g/mol. The van der Waals surface area contributed by atoms with Gasteiger partial charge in [0.1, 0.15) is 5.54 Å². The molecule has 0 spiro atoms. The zero-order valence-corrected chi connectivity index (χ0v) is 14.8. The average molecular weight is 337 g/mol. The van der Waals surface area contributed by atoms with E-state index in [4.69, 9.17) is 9.47 Å². The maximum Gasteiger partial charge on any atom is 0.328 e. The smallest absolute Gasteiger partial charge is 0.328 e. The molecule has 3 heterocycles. The van der Waals surface area contributed by atoms with E-state index >= 15 is 0 Å². The fraction of sp³-hybridized carbons (Fsp3) is 0.812. The van der Waals surface area contributed by atoms with Gasteiger partial charge < -0.3 is 9.47 Å². The fourth-order valence-corrected chi connectivity index (χ4v) is 3.48. The van der Waals surface area contributed by atoms with Crippen molar-refractivity contribution in [2.24, 2.45) is 0 Å². The van der Waals surface area contributed by atoms with Crippen molar-refractivity contribution in [2.45, 2.75) is 38.4 Å². The van der Waals surface area contributed by atoms with Crippen molar-refractivity contribution in [1.82, 2.24) is 24.8 Å². The van der Waals surface area contributed by atoms with Crippen LogP contribution in [0.2, 0.25) is 0 Å². The van der Waals surface area contributed by atoms with E-state index in [1.54, 1.807) is 0 Å². The molecule has 0 saturated carbocycles. The number of aromatic nitrogens is 3. The molecule has 3 rings (SSSR count). The topological polar surface area (TPSA) is 72.7 Å². The summed E-state index contributed by atoms with van der Waals surface area (Å²) in [4.78, 5) is 16.9. The highest BCUT2D eigenvalue weighted by atomic mass is 16.5. The van der Waals surface area contributed by atoms with Crippen molar-refractivity contribution in [3.63, 3.8) is 0 Å². The summed E-state index contributed by atoms with van der Waals surface area (Å²) in [6.45, 7) is 9.48. The van der Waals surface area contributed by atoms with Gasteiger partial charge in [-0.3, -0.25) is 9.80 Å². The third-order valence-electron chi connectivity index (χ3n) is 5.02. The minimum atomic E-state index is -0.596. The number of carbonyl (C=O) groups excluding carboxylic acids is 1. The van der Waals surface area contributed by atoms with Crippen LogP contribution in [0.1, 0.15) is 32.0 Å². The van der Waals surface area contributed by atoms with Crippen LogP contribution in [-0.4, -0.2) is 82.8 Å². The van der Waals surface area contributed by atoms with Crippen LogP contribution in [0.5, 0.6) is 0 Å². The van der Waals surface area contributed by atoms with Gasteiger partial charge in [-0.1, -0.05) is 5.21 Å². The van der Waals surface area contributed by atoms with Crippen LogP contribution in [0.3, 0.4) is 0 Å². The lowest BCUT2D eigenvalue weighted by Gasteiger charge is -2.43. The zero-order chi connectivity index (χ0) is 17.2. The third-order valence-corrected chi connectivity index (χ3v) is 5.02. The van der Waals surface area contributed by atoms with Gasteiger partial charge in [0.25, 0.3) is 0 Å². The predicted molar refractivity (Wildman–Crippen MR) is 87.4 cm³/mol. The fourth-order valence-electron chi connectivity index (χ4n) is 3.48. The Morgan fingerprint density at radius 1 is 1.38 bits per heavy atom. The van der Waals surface area contributed by atoms with Crippen LogP contribution < -0.4 is 0 Å². The highest BCUT2D eigenvalue weighted by Crippen LogP contribution is 2.29. The molecule has 8 heteroatoms. The molecule has 0 N–H and O–H groups in total. The molecule has 1 atom stereocenters. The van der Waals surface area contributed by atoms with E-state index in [-0.39, 0.29) is 5.97 Å². The van der Waals surface area contributed by atoms with Crippen molar-refractivity contribution >= 4 is 5.97 Å². The van der Waals surface area contributed by atoms with Gasteiger partial charge in [0.05, 0.1) is 25.6 Å². The molecule has 1 unspecified atom stereocenters. The molecule has 2 fully saturated rings. The lowest BCUT2D eigenvalue weighted by molar-refractivity contribution is -0.157.